The molecule has 8 heteroatoms. The highest BCUT2D eigenvalue weighted by molar-refractivity contribution is 5.94. The van der Waals surface area contributed by atoms with E-state index in [4.69, 9.17) is 0 Å². The number of fused-ring (bicyclic) bond motifs is 1. The molecule has 0 spiro atoms. The molecule has 4 rings (SSSR count). The maximum absolute atomic E-state index is 13.4. The fourth-order valence-electron chi connectivity index (χ4n) is 3.60. The van der Waals surface area contributed by atoms with Crippen molar-refractivity contribution in [1.82, 2.24) is 19.4 Å². The van der Waals surface area contributed by atoms with Gasteiger partial charge in [0.1, 0.15) is 6.54 Å². The summed E-state index contributed by atoms with van der Waals surface area (Å²) in [5.74, 6) is -0.508. The molecule has 2 aromatic carbocycles. The summed E-state index contributed by atoms with van der Waals surface area (Å²) in [6, 6.07) is 16.8. The van der Waals surface area contributed by atoms with Gasteiger partial charge in [0.05, 0.1) is 28.8 Å². The molecule has 0 radical (unpaired) electrons. The second kappa shape index (κ2) is 9.04. The molecule has 0 unspecified atom stereocenters. The number of benzene rings is 2. The van der Waals surface area contributed by atoms with Crippen LogP contribution in [0.3, 0.4) is 0 Å². The van der Waals surface area contributed by atoms with E-state index in [0.29, 0.717) is 27.8 Å². The molecule has 8 nitrogen and oxygen atoms in total. The minimum atomic E-state index is -0.639. The molecule has 1 N–H and O–H groups in total. The molecule has 2 aromatic heterocycles. The van der Waals surface area contributed by atoms with E-state index in [0.717, 1.165) is 10.1 Å². The number of aromatic nitrogens is 3. The van der Waals surface area contributed by atoms with Gasteiger partial charge in [0, 0.05) is 11.8 Å². The van der Waals surface area contributed by atoms with Gasteiger partial charge in [-0.25, -0.2) is 9.36 Å². The lowest BCUT2D eigenvalue weighted by atomic mass is 10.1. The minimum Gasteiger partial charge on any atom is -0.349 e. The number of amides is 1. The Hall–Kier alpha value is -4.33. The van der Waals surface area contributed by atoms with Gasteiger partial charge >= 0.3 is 5.69 Å². The molecule has 4 aromatic rings. The molecule has 166 valence electrons. The first-order valence-electron chi connectivity index (χ1n) is 10.4. The van der Waals surface area contributed by atoms with Crippen LogP contribution < -0.4 is 16.6 Å². The van der Waals surface area contributed by atoms with Crippen LogP contribution in [0.1, 0.15) is 28.5 Å². The van der Waals surface area contributed by atoms with Crippen molar-refractivity contribution in [1.29, 1.82) is 0 Å². The van der Waals surface area contributed by atoms with Crippen LogP contribution in [0.4, 0.5) is 0 Å². The monoisotopic (exact) mass is 442 g/mol. The standard InChI is InChI=1S/C25H22N4O4/c1-16-6-11-22-21(13-16)24(32)29(20-9-7-18(8-10-20)17(2)30)25(33)28(22)15-23(31)27-14-19-5-3-4-12-26-19/h3-13H,14-15H2,1-2H3,(H,27,31). The van der Waals surface area contributed by atoms with Gasteiger partial charge in [-0.1, -0.05) is 17.7 Å². The molecular formula is C25H22N4O4. The maximum Gasteiger partial charge on any atom is 0.336 e. The maximum atomic E-state index is 13.4. The topological polar surface area (TPSA) is 103 Å². The molecule has 0 saturated carbocycles. The van der Waals surface area contributed by atoms with Crippen LogP contribution in [0.2, 0.25) is 0 Å². The highest BCUT2D eigenvalue weighted by Crippen LogP contribution is 2.13. The first-order chi connectivity index (χ1) is 15.8. The number of carbonyl (C=O) groups excluding carboxylic acids is 2. The number of carbonyl (C=O) groups is 2. The lowest BCUT2D eigenvalue weighted by Gasteiger charge is -2.15. The van der Waals surface area contributed by atoms with Crippen LogP contribution in [0.25, 0.3) is 16.6 Å². The Morgan fingerprint density at radius 2 is 1.76 bits per heavy atom. The van der Waals surface area contributed by atoms with Crippen molar-refractivity contribution in [2.75, 3.05) is 0 Å². The van der Waals surface area contributed by atoms with Crippen LogP contribution in [-0.4, -0.2) is 25.8 Å². The van der Waals surface area contributed by atoms with Gasteiger partial charge < -0.3 is 5.32 Å². The Balaban J connectivity index is 1.78. The van der Waals surface area contributed by atoms with Gasteiger partial charge in [-0.3, -0.25) is 23.9 Å². The van der Waals surface area contributed by atoms with E-state index in [9.17, 15) is 19.2 Å². The second-order valence-corrected chi connectivity index (χ2v) is 7.73. The smallest absolute Gasteiger partial charge is 0.336 e. The van der Waals surface area contributed by atoms with Crippen LogP contribution in [0.5, 0.6) is 0 Å². The van der Waals surface area contributed by atoms with E-state index in [1.165, 1.54) is 11.5 Å². The quantitative estimate of drug-likeness (QED) is 0.462. The van der Waals surface area contributed by atoms with Crippen LogP contribution in [0.15, 0.2) is 76.4 Å². The predicted molar refractivity (Wildman–Crippen MR) is 125 cm³/mol. The number of rotatable bonds is 6. The molecule has 0 aliphatic heterocycles. The molecule has 0 aliphatic carbocycles. The number of aryl methyl sites for hydroxylation is 1. The SMILES string of the molecule is CC(=O)c1ccc(-n2c(=O)c3cc(C)ccc3n(CC(=O)NCc3ccccn3)c2=O)cc1. The van der Waals surface area contributed by atoms with Gasteiger partial charge in [0.2, 0.25) is 5.91 Å². The van der Waals surface area contributed by atoms with Gasteiger partial charge in [-0.2, -0.15) is 0 Å². The van der Waals surface area contributed by atoms with Crippen LogP contribution in [0, 0.1) is 6.92 Å². The highest BCUT2D eigenvalue weighted by Gasteiger charge is 2.17. The first kappa shape index (κ1) is 21.9. The summed E-state index contributed by atoms with van der Waals surface area (Å²) in [5.41, 5.74) is 1.58. The van der Waals surface area contributed by atoms with Gasteiger partial charge in [0.15, 0.2) is 5.78 Å². The Morgan fingerprint density at radius 1 is 1.00 bits per heavy atom. The van der Waals surface area contributed by atoms with Crippen molar-refractivity contribution in [2.45, 2.75) is 26.9 Å². The molecular weight excluding hydrogens is 420 g/mol. The summed E-state index contributed by atoms with van der Waals surface area (Å²) in [4.78, 5) is 55.1. The van der Waals surface area contributed by atoms with Gasteiger partial charge in [-0.05, 0) is 62.4 Å². The number of nitrogens with zero attached hydrogens (tertiary/aromatic N) is 3. The fourth-order valence-corrected chi connectivity index (χ4v) is 3.60. The normalized spacial score (nSPS) is 10.8. The number of nitrogens with one attached hydrogen (secondary N) is 1. The van der Waals surface area contributed by atoms with Crippen molar-refractivity contribution in [3.63, 3.8) is 0 Å². The average Bonchev–Trinajstić information content (AvgIpc) is 2.81. The Kier molecular flexibility index (Phi) is 5.99. The van der Waals surface area contributed by atoms with E-state index in [1.807, 2.05) is 13.0 Å². The lowest BCUT2D eigenvalue weighted by Crippen LogP contribution is -2.41. The average molecular weight is 442 g/mol. The zero-order valence-electron chi connectivity index (χ0n) is 18.2. The lowest BCUT2D eigenvalue weighted by molar-refractivity contribution is -0.121. The number of Topliss-reactive ketones (excluding diaryl/α,β-unsaturated/α-hetero) is 1. The molecule has 0 aliphatic rings. The summed E-state index contributed by atoms with van der Waals surface area (Å²) in [6.07, 6.45) is 1.63. The zero-order valence-corrected chi connectivity index (χ0v) is 18.2. The minimum absolute atomic E-state index is 0.120. The number of pyridine rings is 1. The molecule has 0 bridgehead atoms. The summed E-state index contributed by atoms with van der Waals surface area (Å²) in [6.45, 7) is 3.24. The zero-order chi connectivity index (χ0) is 23.5. The molecule has 2 heterocycles. The first-order valence-corrected chi connectivity index (χ1v) is 10.4. The second-order valence-electron chi connectivity index (χ2n) is 7.73. The summed E-state index contributed by atoms with van der Waals surface area (Å²) in [5, 5.41) is 3.08. The van der Waals surface area contributed by atoms with E-state index < -0.39 is 11.2 Å². The van der Waals surface area contributed by atoms with Crippen molar-refractivity contribution >= 4 is 22.6 Å². The molecule has 0 atom stereocenters. The van der Waals surface area contributed by atoms with Gasteiger partial charge in [0.25, 0.3) is 5.56 Å². The molecule has 0 fully saturated rings. The predicted octanol–water partition coefficient (Wildman–Crippen LogP) is 2.37. The Labute approximate surface area is 189 Å². The van der Waals surface area contributed by atoms with E-state index >= 15 is 0 Å². The summed E-state index contributed by atoms with van der Waals surface area (Å²) >= 11 is 0. The molecule has 1 amide bonds. The third-order valence-electron chi connectivity index (χ3n) is 5.33. The largest absolute Gasteiger partial charge is 0.349 e. The van der Waals surface area contributed by atoms with Crippen molar-refractivity contribution in [3.05, 3.63) is 105 Å². The number of hydrogen-bond acceptors (Lipinski definition) is 5. The fraction of sp³-hybridized carbons (Fsp3) is 0.160. The summed E-state index contributed by atoms with van der Waals surface area (Å²) in [7, 11) is 0. The molecule has 33 heavy (non-hydrogen) atoms. The Morgan fingerprint density at radius 3 is 2.42 bits per heavy atom. The van der Waals surface area contributed by atoms with Gasteiger partial charge in [-0.15, -0.1) is 0 Å². The van der Waals surface area contributed by atoms with Crippen molar-refractivity contribution < 1.29 is 9.59 Å². The third kappa shape index (κ3) is 4.50. The number of ketones is 1. The van der Waals surface area contributed by atoms with E-state index in [2.05, 4.69) is 10.3 Å². The van der Waals surface area contributed by atoms with E-state index in [-0.39, 0.29) is 24.8 Å². The van der Waals surface area contributed by atoms with E-state index in [1.54, 1.807) is 60.8 Å². The Bertz CT molecular complexity index is 1470. The van der Waals surface area contributed by atoms with Crippen LogP contribution >= 0.6 is 0 Å². The highest BCUT2D eigenvalue weighted by atomic mass is 16.2. The van der Waals surface area contributed by atoms with Crippen molar-refractivity contribution in [3.8, 4) is 5.69 Å². The third-order valence-corrected chi connectivity index (χ3v) is 5.33. The molecule has 0 saturated heterocycles. The number of hydrogen-bond donors (Lipinski definition) is 1. The van der Waals surface area contributed by atoms with Crippen molar-refractivity contribution in [2.24, 2.45) is 0 Å². The van der Waals surface area contributed by atoms with Crippen LogP contribution in [-0.2, 0) is 17.9 Å². The summed E-state index contributed by atoms with van der Waals surface area (Å²) < 4.78 is 2.31.